The summed E-state index contributed by atoms with van der Waals surface area (Å²) in [5.41, 5.74) is 5.84. The number of aliphatic hydroxyl groups excluding tert-OH is 1. The summed E-state index contributed by atoms with van der Waals surface area (Å²) in [5.74, 6) is 0.929. The maximum atomic E-state index is 8.62. The normalized spacial score (nSPS) is 27.0. The minimum absolute atomic E-state index is 0. The molecule has 0 unspecified atom stereocenters. The Morgan fingerprint density at radius 1 is 1.00 bits per heavy atom. The summed E-state index contributed by atoms with van der Waals surface area (Å²) in [4.78, 5) is 0. The molecule has 0 aromatic rings. The van der Waals surface area contributed by atoms with Gasteiger partial charge in [0.2, 0.25) is 0 Å². The Balaban J connectivity index is 0.00000169. The van der Waals surface area contributed by atoms with E-state index in [2.05, 4.69) is 0 Å². The highest BCUT2D eigenvalue weighted by Gasteiger charge is 2.17. The van der Waals surface area contributed by atoms with E-state index >= 15 is 0 Å². The average molecular weight is 222 g/mol. The minimum atomic E-state index is 0. The molecule has 1 aliphatic carbocycles. The highest BCUT2D eigenvalue weighted by molar-refractivity contribution is 5.85. The molecule has 1 saturated carbocycles. The van der Waals surface area contributed by atoms with Crippen LogP contribution in [0.1, 0.15) is 51.4 Å². The lowest BCUT2D eigenvalue weighted by Gasteiger charge is -2.25. The second kappa shape index (κ2) is 8.51. The molecule has 1 rings (SSSR count). The van der Waals surface area contributed by atoms with Gasteiger partial charge in [0.1, 0.15) is 0 Å². The molecule has 0 aromatic heterocycles. The predicted octanol–water partition coefficient (Wildman–Crippen LogP) is 2.48. The lowest BCUT2D eigenvalue weighted by molar-refractivity contribution is 0.271. The second-order valence-corrected chi connectivity index (χ2v) is 4.35. The molecule has 0 spiro atoms. The highest BCUT2D eigenvalue weighted by atomic mass is 35.5. The lowest BCUT2D eigenvalue weighted by Crippen LogP contribution is -2.26. The van der Waals surface area contributed by atoms with Crippen LogP contribution in [0.25, 0.3) is 0 Å². The monoisotopic (exact) mass is 221 g/mol. The van der Waals surface area contributed by atoms with Crippen molar-refractivity contribution in [1.82, 2.24) is 0 Å². The molecular formula is C11H24ClNO. The second-order valence-electron chi connectivity index (χ2n) is 4.35. The van der Waals surface area contributed by atoms with Crippen molar-refractivity contribution in [2.45, 2.75) is 57.4 Å². The third-order valence-corrected chi connectivity index (χ3v) is 3.16. The Labute approximate surface area is 93.7 Å². The first-order chi connectivity index (χ1) is 6.33. The largest absolute Gasteiger partial charge is 0.396 e. The van der Waals surface area contributed by atoms with E-state index in [-0.39, 0.29) is 12.4 Å². The van der Waals surface area contributed by atoms with Crippen LogP contribution in [0.5, 0.6) is 0 Å². The van der Waals surface area contributed by atoms with Crippen molar-refractivity contribution in [1.29, 1.82) is 0 Å². The van der Waals surface area contributed by atoms with Crippen LogP contribution in [0, 0.1) is 5.92 Å². The Morgan fingerprint density at radius 2 is 1.64 bits per heavy atom. The zero-order valence-electron chi connectivity index (χ0n) is 8.95. The number of rotatable bonds is 5. The molecule has 0 atom stereocenters. The van der Waals surface area contributed by atoms with Crippen molar-refractivity contribution in [2.24, 2.45) is 11.7 Å². The van der Waals surface area contributed by atoms with Gasteiger partial charge in [-0.25, -0.2) is 0 Å². The van der Waals surface area contributed by atoms with E-state index < -0.39 is 0 Å². The Kier molecular flexibility index (Phi) is 8.64. The van der Waals surface area contributed by atoms with Crippen LogP contribution in [0.15, 0.2) is 0 Å². The van der Waals surface area contributed by atoms with E-state index in [1.54, 1.807) is 0 Å². The van der Waals surface area contributed by atoms with Crippen LogP contribution in [0.3, 0.4) is 0 Å². The minimum Gasteiger partial charge on any atom is -0.396 e. The summed E-state index contributed by atoms with van der Waals surface area (Å²) in [7, 11) is 0. The third kappa shape index (κ3) is 5.84. The standard InChI is InChI=1S/C11H23NO.ClH/c12-11-7-5-10(6-8-11)4-2-1-3-9-13;/h10-11,13H,1-9,12H2;1H/t10-,11-;. The first-order valence-corrected chi connectivity index (χ1v) is 5.69. The lowest BCUT2D eigenvalue weighted by atomic mass is 9.83. The first-order valence-electron chi connectivity index (χ1n) is 5.69. The Hall–Kier alpha value is 0.210. The third-order valence-electron chi connectivity index (χ3n) is 3.16. The Morgan fingerprint density at radius 3 is 2.21 bits per heavy atom. The van der Waals surface area contributed by atoms with Crippen molar-refractivity contribution in [3.63, 3.8) is 0 Å². The number of halogens is 1. The van der Waals surface area contributed by atoms with Gasteiger partial charge >= 0.3 is 0 Å². The van der Waals surface area contributed by atoms with Crippen molar-refractivity contribution < 1.29 is 5.11 Å². The van der Waals surface area contributed by atoms with E-state index in [1.807, 2.05) is 0 Å². The quantitative estimate of drug-likeness (QED) is 0.701. The van der Waals surface area contributed by atoms with Gasteiger partial charge in [0.15, 0.2) is 0 Å². The maximum absolute atomic E-state index is 8.62. The summed E-state index contributed by atoms with van der Waals surface area (Å²) >= 11 is 0. The number of aliphatic hydroxyl groups is 1. The summed E-state index contributed by atoms with van der Waals surface area (Å²) in [6.07, 6.45) is 9.94. The van der Waals surface area contributed by atoms with E-state index in [1.165, 1.54) is 44.9 Å². The fraction of sp³-hybridized carbons (Fsp3) is 1.00. The van der Waals surface area contributed by atoms with Crippen LogP contribution in [-0.2, 0) is 0 Å². The molecule has 2 nitrogen and oxygen atoms in total. The zero-order valence-corrected chi connectivity index (χ0v) is 9.77. The molecule has 0 amide bonds. The summed E-state index contributed by atoms with van der Waals surface area (Å²) in [6.45, 7) is 0.357. The number of nitrogens with two attached hydrogens (primary N) is 1. The van der Waals surface area contributed by atoms with Crippen molar-refractivity contribution >= 4 is 12.4 Å². The molecule has 1 aliphatic rings. The molecule has 0 saturated heterocycles. The highest BCUT2D eigenvalue weighted by Crippen LogP contribution is 2.27. The van der Waals surface area contributed by atoms with Gasteiger partial charge in [-0.2, -0.15) is 0 Å². The number of unbranched alkanes of at least 4 members (excludes halogenated alkanes) is 2. The fourth-order valence-electron chi connectivity index (χ4n) is 2.20. The van der Waals surface area contributed by atoms with Gasteiger partial charge in [0, 0.05) is 12.6 Å². The number of hydrogen-bond donors (Lipinski definition) is 2. The molecule has 0 aliphatic heterocycles. The van der Waals surface area contributed by atoms with Gasteiger partial charge in [0.05, 0.1) is 0 Å². The van der Waals surface area contributed by atoms with Gasteiger partial charge in [0.25, 0.3) is 0 Å². The van der Waals surface area contributed by atoms with E-state index in [0.29, 0.717) is 12.6 Å². The van der Waals surface area contributed by atoms with Gasteiger partial charge in [-0.1, -0.05) is 19.3 Å². The van der Waals surface area contributed by atoms with Gasteiger partial charge < -0.3 is 10.8 Å². The molecule has 1 fully saturated rings. The summed E-state index contributed by atoms with van der Waals surface area (Å²) < 4.78 is 0. The molecule has 3 heteroatoms. The molecule has 0 radical (unpaired) electrons. The molecule has 0 bridgehead atoms. The van der Waals surface area contributed by atoms with E-state index in [9.17, 15) is 0 Å². The fourth-order valence-corrected chi connectivity index (χ4v) is 2.20. The first kappa shape index (κ1) is 14.2. The van der Waals surface area contributed by atoms with E-state index in [4.69, 9.17) is 10.8 Å². The summed E-state index contributed by atoms with van der Waals surface area (Å²) in [6, 6.07) is 0.480. The van der Waals surface area contributed by atoms with Gasteiger partial charge in [-0.15, -0.1) is 12.4 Å². The van der Waals surface area contributed by atoms with Crippen LogP contribution in [0.2, 0.25) is 0 Å². The molecule has 14 heavy (non-hydrogen) atoms. The van der Waals surface area contributed by atoms with Crippen molar-refractivity contribution in [2.75, 3.05) is 6.61 Å². The predicted molar refractivity (Wildman–Crippen MR) is 62.7 cm³/mol. The summed E-state index contributed by atoms with van der Waals surface area (Å²) in [5, 5.41) is 8.62. The molecule has 0 aromatic carbocycles. The van der Waals surface area contributed by atoms with Crippen LogP contribution in [0.4, 0.5) is 0 Å². The molecule has 3 N–H and O–H groups in total. The molecule has 0 heterocycles. The molecular weight excluding hydrogens is 198 g/mol. The maximum Gasteiger partial charge on any atom is 0.0431 e. The van der Waals surface area contributed by atoms with Gasteiger partial charge in [-0.05, 0) is 38.0 Å². The van der Waals surface area contributed by atoms with Crippen molar-refractivity contribution in [3.05, 3.63) is 0 Å². The van der Waals surface area contributed by atoms with Gasteiger partial charge in [-0.3, -0.25) is 0 Å². The van der Waals surface area contributed by atoms with Crippen LogP contribution in [-0.4, -0.2) is 17.8 Å². The van der Waals surface area contributed by atoms with E-state index in [0.717, 1.165) is 12.3 Å². The SMILES string of the molecule is Cl.N[C@H]1CC[C@H](CCCCCO)CC1. The van der Waals surface area contributed by atoms with Crippen LogP contribution >= 0.6 is 12.4 Å². The van der Waals surface area contributed by atoms with Crippen LogP contribution < -0.4 is 5.73 Å². The average Bonchev–Trinajstić information content (AvgIpc) is 2.15. The smallest absolute Gasteiger partial charge is 0.0431 e. The van der Waals surface area contributed by atoms with Crippen molar-refractivity contribution in [3.8, 4) is 0 Å². The zero-order chi connectivity index (χ0) is 9.52. The Bertz CT molecular complexity index is 124. The molecule has 86 valence electrons. The number of hydrogen-bond acceptors (Lipinski definition) is 2. The topological polar surface area (TPSA) is 46.2 Å².